The van der Waals surface area contributed by atoms with Crippen LogP contribution in [0.3, 0.4) is 0 Å². The van der Waals surface area contributed by atoms with E-state index in [1.54, 1.807) is 12.1 Å². The molecule has 140 valence electrons. The first kappa shape index (κ1) is 11.8. The molecule has 0 saturated carbocycles. The standard InChI is InChI=1S/C23H16FN5/c24-20-6-2-5-19-21(20)22(25)29-23(19,17-7-9-26-10-8-17)18-4-1-3-15(11-18)16-12-27-14-28-13-16/h1-14H,(H2,25,29)/t23-/m1/s1/i1T,9T,10T,12T,13T,14T. The number of hydrogen-bond acceptors (Lipinski definition) is 5. The normalized spacial score (nSPS) is 20.5. The first-order chi connectivity index (χ1) is 16.6. The molecular formula is C23H16FN5. The van der Waals surface area contributed by atoms with Crippen LogP contribution in [-0.4, -0.2) is 20.8 Å². The Bertz CT molecular complexity index is 1520. The van der Waals surface area contributed by atoms with Crippen LogP contribution >= 0.6 is 0 Å². The van der Waals surface area contributed by atoms with Gasteiger partial charge < -0.3 is 5.73 Å². The molecule has 0 amide bonds. The van der Waals surface area contributed by atoms with Crippen LogP contribution in [0.25, 0.3) is 11.1 Å². The number of aliphatic imine (C=N–C) groups is 1. The van der Waals surface area contributed by atoms with E-state index in [-0.39, 0.29) is 53.3 Å². The van der Waals surface area contributed by atoms with Gasteiger partial charge in [-0.05, 0) is 41.0 Å². The minimum Gasteiger partial charge on any atom is -0.383 e. The fraction of sp³-hybridized carbons (Fsp3) is 0.0435. The van der Waals surface area contributed by atoms with Crippen LogP contribution in [0.4, 0.5) is 4.39 Å². The maximum atomic E-state index is 14.9. The van der Waals surface area contributed by atoms with E-state index in [0.717, 1.165) is 0 Å². The summed E-state index contributed by atoms with van der Waals surface area (Å²) >= 11 is 0. The molecule has 5 nitrogen and oxygen atoms in total. The molecule has 0 fully saturated rings. The number of halogens is 1. The number of aromatic nitrogens is 3. The summed E-state index contributed by atoms with van der Waals surface area (Å²) in [5.41, 5.74) is 6.01. The van der Waals surface area contributed by atoms with Crippen LogP contribution in [0.1, 0.15) is 30.5 Å². The zero-order chi connectivity index (χ0) is 25.1. The summed E-state index contributed by atoms with van der Waals surface area (Å²) in [4.78, 5) is 15.8. The molecule has 5 rings (SSSR count). The van der Waals surface area contributed by atoms with E-state index in [1.807, 2.05) is 0 Å². The molecule has 4 aromatic rings. The Balaban J connectivity index is 1.88. The topological polar surface area (TPSA) is 77.0 Å². The molecule has 2 N–H and O–H groups in total. The molecule has 2 aromatic heterocycles. The zero-order valence-corrected chi connectivity index (χ0v) is 14.9. The van der Waals surface area contributed by atoms with Crippen molar-refractivity contribution in [2.24, 2.45) is 10.7 Å². The van der Waals surface area contributed by atoms with Gasteiger partial charge >= 0.3 is 0 Å². The van der Waals surface area contributed by atoms with Gasteiger partial charge in [0, 0.05) is 35.8 Å². The molecule has 29 heavy (non-hydrogen) atoms. The number of hydrogen-bond donors (Lipinski definition) is 1. The highest BCUT2D eigenvalue weighted by Gasteiger charge is 2.44. The molecule has 2 aromatic carbocycles. The monoisotopic (exact) mass is 393 g/mol. The Kier molecular flexibility index (Phi) is 2.69. The number of amidine groups is 1. The lowest BCUT2D eigenvalue weighted by atomic mass is 9.77. The van der Waals surface area contributed by atoms with Gasteiger partial charge in [-0.15, -0.1) is 0 Å². The lowest BCUT2D eigenvalue weighted by Crippen LogP contribution is -2.25. The Morgan fingerprint density at radius 2 is 1.69 bits per heavy atom. The fourth-order valence-corrected chi connectivity index (χ4v) is 3.65. The first-order valence-electron chi connectivity index (χ1n) is 11.6. The lowest BCUT2D eigenvalue weighted by molar-refractivity contribution is 0.615. The quantitative estimate of drug-likeness (QED) is 0.576. The highest BCUT2D eigenvalue weighted by atomic mass is 19.1. The molecule has 0 radical (unpaired) electrons. The van der Waals surface area contributed by atoms with Crippen molar-refractivity contribution in [1.82, 2.24) is 15.0 Å². The van der Waals surface area contributed by atoms with E-state index in [0.29, 0.717) is 16.7 Å². The van der Waals surface area contributed by atoms with Crippen molar-refractivity contribution in [2.45, 2.75) is 5.54 Å². The fourth-order valence-electron chi connectivity index (χ4n) is 3.65. The number of nitrogens with two attached hydrogens (primary N) is 1. The second kappa shape index (κ2) is 6.60. The van der Waals surface area contributed by atoms with Gasteiger partial charge in [-0.3, -0.25) is 4.98 Å². The number of fused-ring (bicyclic) bond motifs is 1. The highest BCUT2D eigenvalue weighted by Crippen LogP contribution is 2.46. The van der Waals surface area contributed by atoms with Crippen LogP contribution in [-0.2, 0) is 5.54 Å². The third kappa shape index (κ3) is 2.61. The summed E-state index contributed by atoms with van der Waals surface area (Å²) in [5.74, 6) is -0.686. The third-order valence-corrected chi connectivity index (χ3v) is 4.87. The van der Waals surface area contributed by atoms with Crippen molar-refractivity contribution in [3.63, 3.8) is 0 Å². The Morgan fingerprint density at radius 3 is 2.48 bits per heavy atom. The van der Waals surface area contributed by atoms with Gasteiger partial charge in [-0.2, -0.15) is 0 Å². The Hall–Kier alpha value is -3.93. The van der Waals surface area contributed by atoms with E-state index >= 15 is 0 Å². The average molecular weight is 393 g/mol. The van der Waals surface area contributed by atoms with Crippen LogP contribution in [0.15, 0.2) is 90.6 Å². The van der Waals surface area contributed by atoms with E-state index in [4.69, 9.17) is 14.0 Å². The molecule has 0 bridgehead atoms. The van der Waals surface area contributed by atoms with Crippen molar-refractivity contribution < 1.29 is 12.6 Å². The molecule has 1 atom stereocenters. The smallest absolute Gasteiger partial charge is 0.139 e. The SMILES string of the molecule is [3H]c1cc(-c2c([3H])nc([3H])nc2[3H])cc([C@@]2(c3cc([3H])nc([3H])c3)N=C(N)c3c(F)cccc32)c1. The molecule has 3 heterocycles. The minimum atomic E-state index is -1.53. The summed E-state index contributed by atoms with van der Waals surface area (Å²) in [7, 11) is 0. The van der Waals surface area contributed by atoms with Gasteiger partial charge in [0.15, 0.2) is 0 Å². The minimum absolute atomic E-state index is 0.00417. The Labute approximate surface area is 175 Å². The first-order valence-corrected chi connectivity index (χ1v) is 8.65. The second-order valence-electron chi connectivity index (χ2n) is 6.42. The van der Waals surface area contributed by atoms with Crippen molar-refractivity contribution in [3.8, 4) is 11.1 Å². The second-order valence-corrected chi connectivity index (χ2v) is 6.42. The van der Waals surface area contributed by atoms with Crippen molar-refractivity contribution in [2.75, 3.05) is 0 Å². The molecule has 0 aliphatic carbocycles. The average Bonchev–Trinajstić information content (AvgIpc) is 3.06. The number of nitrogens with zero attached hydrogens (tertiary/aromatic N) is 4. The molecule has 0 saturated heterocycles. The van der Waals surface area contributed by atoms with E-state index in [2.05, 4.69) is 19.9 Å². The zero-order valence-electron chi connectivity index (χ0n) is 20.9. The molecule has 0 spiro atoms. The molecule has 1 aliphatic heterocycles. The van der Waals surface area contributed by atoms with Crippen LogP contribution < -0.4 is 5.73 Å². The van der Waals surface area contributed by atoms with Crippen LogP contribution in [0.5, 0.6) is 0 Å². The van der Waals surface area contributed by atoms with Crippen molar-refractivity contribution in [1.29, 1.82) is 0 Å². The third-order valence-electron chi connectivity index (χ3n) is 4.87. The van der Waals surface area contributed by atoms with Gasteiger partial charge in [-0.25, -0.2) is 19.4 Å². The summed E-state index contributed by atoms with van der Waals surface area (Å²) in [6.07, 6.45) is -1.58. The summed E-state index contributed by atoms with van der Waals surface area (Å²) in [6, 6.07) is 11.7. The largest absolute Gasteiger partial charge is 0.383 e. The molecular weight excluding hydrogens is 365 g/mol. The maximum Gasteiger partial charge on any atom is 0.139 e. The van der Waals surface area contributed by atoms with E-state index in [9.17, 15) is 4.39 Å². The predicted molar refractivity (Wildman–Crippen MR) is 109 cm³/mol. The van der Waals surface area contributed by atoms with E-state index in [1.165, 1.54) is 36.4 Å². The Morgan fingerprint density at radius 1 is 0.897 bits per heavy atom. The maximum absolute atomic E-state index is 14.9. The van der Waals surface area contributed by atoms with Gasteiger partial charge in [0.25, 0.3) is 0 Å². The van der Waals surface area contributed by atoms with Crippen LogP contribution in [0, 0.1) is 5.82 Å². The van der Waals surface area contributed by atoms with Gasteiger partial charge in [0.2, 0.25) is 0 Å². The molecule has 0 unspecified atom stereocenters. The number of benzene rings is 2. The van der Waals surface area contributed by atoms with Gasteiger partial charge in [0.05, 0.1) is 12.4 Å². The summed E-state index contributed by atoms with van der Waals surface area (Å²) in [5, 5.41) is 0. The van der Waals surface area contributed by atoms with Crippen LogP contribution in [0.2, 0.25) is 0 Å². The van der Waals surface area contributed by atoms with Gasteiger partial charge in [0.1, 0.15) is 24.9 Å². The highest BCUT2D eigenvalue weighted by molar-refractivity contribution is 6.03. The summed E-state index contributed by atoms with van der Waals surface area (Å²) in [6.45, 7) is 0. The summed E-state index contributed by atoms with van der Waals surface area (Å²) < 4.78 is 63.3. The van der Waals surface area contributed by atoms with Crippen molar-refractivity contribution >= 4 is 5.84 Å². The number of rotatable bonds is 3. The predicted octanol–water partition coefficient (Wildman–Crippen LogP) is 3.69. The van der Waals surface area contributed by atoms with E-state index < -0.39 is 17.7 Å². The molecule has 6 heteroatoms. The van der Waals surface area contributed by atoms with Gasteiger partial charge in [-0.1, -0.05) is 30.3 Å². The number of pyridine rings is 1. The van der Waals surface area contributed by atoms with Crippen molar-refractivity contribution in [3.05, 3.63) is 114 Å². The lowest BCUT2D eigenvalue weighted by Gasteiger charge is -2.29. The molecule has 1 aliphatic rings.